The van der Waals surface area contributed by atoms with Crippen molar-refractivity contribution in [3.05, 3.63) is 75.8 Å². The number of esters is 1. The van der Waals surface area contributed by atoms with Gasteiger partial charge >= 0.3 is 5.97 Å². The molecule has 0 aliphatic carbocycles. The maximum absolute atomic E-state index is 12.6. The molecule has 0 unspecified atom stereocenters. The van der Waals surface area contributed by atoms with Crippen LogP contribution in [0.5, 0.6) is 0 Å². The van der Waals surface area contributed by atoms with Gasteiger partial charge < -0.3 is 20.9 Å². The molecule has 0 spiro atoms. The van der Waals surface area contributed by atoms with E-state index in [0.29, 0.717) is 11.1 Å². The van der Waals surface area contributed by atoms with Crippen LogP contribution in [0.3, 0.4) is 0 Å². The highest BCUT2D eigenvalue weighted by Gasteiger charge is 2.34. The average Bonchev–Trinajstić information content (AvgIpc) is 2.76. The molecule has 31 heavy (non-hydrogen) atoms. The zero-order chi connectivity index (χ0) is 23.0. The molecule has 10 heteroatoms. The quantitative estimate of drug-likeness (QED) is 0.291. The average molecular weight is 429 g/mol. The maximum atomic E-state index is 12.6. The summed E-state index contributed by atoms with van der Waals surface area (Å²) < 4.78 is 4.95. The Morgan fingerprint density at radius 3 is 2.23 bits per heavy atom. The second-order valence-corrected chi connectivity index (χ2v) is 6.67. The predicted octanol–water partition coefficient (Wildman–Crippen LogP) is 1.34. The third kappa shape index (κ3) is 6.34. The lowest BCUT2D eigenvalue weighted by Crippen LogP contribution is -2.50. The fourth-order valence-electron chi connectivity index (χ4n) is 3.06. The van der Waals surface area contributed by atoms with Crippen molar-refractivity contribution in [2.24, 2.45) is 5.73 Å². The topological polar surface area (TPSA) is 162 Å². The van der Waals surface area contributed by atoms with E-state index in [1.165, 1.54) is 36.4 Å². The maximum Gasteiger partial charge on any atom is 0.306 e. The number of nitrogens with one attached hydrogen (secondary N) is 1. The van der Waals surface area contributed by atoms with E-state index in [1.807, 2.05) is 0 Å². The number of hydrogen-bond acceptors (Lipinski definition) is 7. The fraction of sp³-hybridized carbons (Fsp3) is 0.286. The summed E-state index contributed by atoms with van der Waals surface area (Å²) >= 11 is 0. The molecule has 2 rings (SSSR count). The first-order valence-corrected chi connectivity index (χ1v) is 9.47. The minimum absolute atomic E-state index is 0.103. The van der Waals surface area contributed by atoms with Crippen molar-refractivity contribution >= 4 is 23.5 Å². The van der Waals surface area contributed by atoms with E-state index in [-0.39, 0.29) is 18.7 Å². The van der Waals surface area contributed by atoms with E-state index in [4.69, 9.17) is 10.5 Å². The van der Waals surface area contributed by atoms with Gasteiger partial charge in [-0.25, -0.2) is 0 Å². The summed E-state index contributed by atoms with van der Waals surface area (Å²) in [6, 6.07) is 11.9. The minimum Gasteiger partial charge on any atom is -0.466 e. The van der Waals surface area contributed by atoms with Gasteiger partial charge in [0.1, 0.15) is 6.04 Å². The molecule has 10 nitrogen and oxygen atoms in total. The van der Waals surface area contributed by atoms with Gasteiger partial charge in [0, 0.05) is 18.1 Å². The number of ether oxygens (including phenoxy) is 1. The Labute approximate surface area is 178 Å². The molecule has 0 aliphatic heterocycles. The van der Waals surface area contributed by atoms with E-state index in [2.05, 4.69) is 5.32 Å². The molecule has 0 radical (unpaired) electrons. The van der Waals surface area contributed by atoms with Crippen LogP contribution < -0.4 is 11.1 Å². The normalized spacial score (nSPS) is 13.5. The molecule has 3 atom stereocenters. The number of nitrogens with zero attached hydrogens (tertiary/aromatic N) is 1. The molecule has 0 saturated heterocycles. The van der Waals surface area contributed by atoms with Crippen LogP contribution in [0, 0.1) is 10.1 Å². The van der Waals surface area contributed by atoms with Crippen molar-refractivity contribution in [3.8, 4) is 0 Å². The molecule has 0 aliphatic rings. The van der Waals surface area contributed by atoms with Gasteiger partial charge in [-0.05, 0) is 18.1 Å². The first kappa shape index (κ1) is 23.5. The highest BCUT2D eigenvalue weighted by Crippen LogP contribution is 2.27. The van der Waals surface area contributed by atoms with Crippen LogP contribution in [0.4, 0.5) is 5.69 Å². The minimum atomic E-state index is -1.57. The fourth-order valence-corrected chi connectivity index (χ4v) is 3.06. The second kappa shape index (κ2) is 10.8. The highest BCUT2D eigenvalue weighted by atomic mass is 16.6. The number of primary amides is 1. The summed E-state index contributed by atoms with van der Waals surface area (Å²) in [4.78, 5) is 47.2. The van der Waals surface area contributed by atoms with Crippen LogP contribution in [-0.2, 0) is 19.1 Å². The number of aliphatic hydroxyl groups excluding tert-OH is 1. The van der Waals surface area contributed by atoms with Gasteiger partial charge in [-0.15, -0.1) is 0 Å². The summed E-state index contributed by atoms with van der Waals surface area (Å²) in [6.45, 7) is 1.72. The highest BCUT2D eigenvalue weighted by molar-refractivity contribution is 5.90. The van der Waals surface area contributed by atoms with Crippen LogP contribution in [0.2, 0.25) is 0 Å². The molecule has 2 aromatic carbocycles. The first-order chi connectivity index (χ1) is 14.7. The first-order valence-electron chi connectivity index (χ1n) is 9.47. The largest absolute Gasteiger partial charge is 0.466 e. The number of aliphatic hydroxyl groups is 1. The Hall–Kier alpha value is -3.79. The number of carbonyl (C=O) groups is 3. The summed E-state index contributed by atoms with van der Waals surface area (Å²) in [5.41, 5.74) is 5.98. The Bertz CT molecular complexity index is 932. The van der Waals surface area contributed by atoms with Gasteiger partial charge in [-0.2, -0.15) is 0 Å². The smallest absolute Gasteiger partial charge is 0.306 e. The predicted molar refractivity (Wildman–Crippen MR) is 110 cm³/mol. The molecule has 2 aromatic rings. The zero-order valence-corrected chi connectivity index (χ0v) is 16.8. The summed E-state index contributed by atoms with van der Waals surface area (Å²) in [7, 11) is 0. The number of nitro benzene ring substituents is 1. The molecule has 164 valence electrons. The van der Waals surface area contributed by atoms with Crippen LogP contribution in [-0.4, -0.2) is 40.5 Å². The van der Waals surface area contributed by atoms with Crippen molar-refractivity contribution < 1.29 is 29.2 Å². The van der Waals surface area contributed by atoms with E-state index in [9.17, 15) is 29.6 Å². The van der Waals surface area contributed by atoms with Crippen LogP contribution >= 0.6 is 0 Å². The van der Waals surface area contributed by atoms with Gasteiger partial charge in [0.15, 0.2) is 6.10 Å². The van der Waals surface area contributed by atoms with Gasteiger partial charge in [0.2, 0.25) is 5.91 Å². The molecule has 0 saturated carbocycles. The molecule has 0 aromatic heterocycles. The number of non-ortho nitro benzene ring substituents is 1. The SMILES string of the molecule is CCOC(=O)C[C@@H](c1ccc([N+](=O)[O-])cc1)[C@H](NC(=O)[C@@H](O)c1ccccc1)C(N)=O. The van der Waals surface area contributed by atoms with Crippen molar-refractivity contribution in [2.75, 3.05) is 6.61 Å². The molecule has 0 fully saturated rings. The number of carbonyl (C=O) groups excluding carboxylic acids is 3. The number of nitro groups is 1. The Morgan fingerprint density at radius 2 is 1.71 bits per heavy atom. The molecule has 0 bridgehead atoms. The van der Waals surface area contributed by atoms with Crippen LogP contribution in [0.1, 0.15) is 36.5 Å². The number of hydrogen-bond donors (Lipinski definition) is 3. The lowest BCUT2D eigenvalue weighted by Gasteiger charge is -2.26. The Morgan fingerprint density at radius 1 is 1.10 bits per heavy atom. The summed E-state index contributed by atoms with van der Waals surface area (Å²) in [5, 5.41) is 23.6. The zero-order valence-electron chi connectivity index (χ0n) is 16.8. The van der Waals surface area contributed by atoms with Crippen molar-refractivity contribution in [1.82, 2.24) is 5.32 Å². The van der Waals surface area contributed by atoms with E-state index in [1.54, 1.807) is 25.1 Å². The number of benzene rings is 2. The van der Waals surface area contributed by atoms with E-state index >= 15 is 0 Å². The molecule has 2 amide bonds. The van der Waals surface area contributed by atoms with Crippen molar-refractivity contribution in [1.29, 1.82) is 0 Å². The third-order valence-electron chi connectivity index (χ3n) is 4.59. The van der Waals surface area contributed by atoms with E-state index < -0.39 is 40.8 Å². The number of nitrogens with two attached hydrogens (primary N) is 1. The Kier molecular flexibility index (Phi) is 8.21. The van der Waals surface area contributed by atoms with Gasteiger partial charge in [0.05, 0.1) is 18.0 Å². The van der Waals surface area contributed by atoms with Gasteiger partial charge in [0.25, 0.3) is 11.6 Å². The molecular formula is C21H23N3O7. The van der Waals surface area contributed by atoms with Gasteiger partial charge in [-0.3, -0.25) is 24.5 Å². The third-order valence-corrected chi connectivity index (χ3v) is 4.59. The Balaban J connectivity index is 2.34. The van der Waals surface area contributed by atoms with Crippen LogP contribution in [0.15, 0.2) is 54.6 Å². The van der Waals surface area contributed by atoms with Gasteiger partial charge in [-0.1, -0.05) is 42.5 Å². The van der Waals surface area contributed by atoms with E-state index in [0.717, 1.165) is 0 Å². The monoisotopic (exact) mass is 429 g/mol. The number of amides is 2. The lowest BCUT2D eigenvalue weighted by atomic mass is 9.87. The summed E-state index contributed by atoms with van der Waals surface area (Å²) in [5.74, 6) is -3.44. The van der Waals surface area contributed by atoms with Crippen LogP contribution in [0.25, 0.3) is 0 Å². The second-order valence-electron chi connectivity index (χ2n) is 6.67. The summed E-state index contributed by atoms with van der Waals surface area (Å²) in [6.07, 6.45) is -1.89. The standard InChI is InChI=1S/C21H23N3O7/c1-2-31-17(25)12-16(13-8-10-15(11-9-13)24(29)30)18(20(22)27)23-21(28)19(26)14-6-4-3-5-7-14/h3-11,16,18-19,26H,2,12H2,1H3,(H2,22,27)(H,23,28)/t16-,18-,19-/m0/s1. The van der Waals surface area contributed by atoms with Crippen molar-refractivity contribution in [2.45, 2.75) is 31.4 Å². The molecule has 4 N–H and O–H groups in total. The number of rotatable bonds is 10. The van der Waals surface area contributed by atoms with Crippen molar-refractivity contribution in [3.63, 3.8) is 0 Å². The molecule has 0 heterocycles. The lowest BCUT2D eigenvalue weighted by molar-refractivity contribution is -0.384. The molecular weight excluding hydrogens is 406 g/mol.